The van der Waals surface area contributed by atoms with E-state index in [4.69, 9.17) is 9.68 Å². The zero-order valence-corrected chi connectivity index (χ0v) is 17.9. The van der Waals surface area contributed by atoms with E-state index in [0.717, 1.165) is 23.4 Å². The van der Waals surface area contributed by atoms with E-state index >= 15 is 0 Å². The minimum absolute atomic E-state index is 0. The van der Waals surface area contributed by atoms with Crippen LogP contribution in [0.15, 0.2) is 70.3 Å². The van der Waals surface area contributed by atoms with E-state index in [9.17, 15) is 0 Å². The number of oxazole rings is 1. The van der Waals surface area contributed by atoms with Crippen molar-refractivity contribution in [1.82, 2.24) is 15.6 Å². The van der Waals surface area contributed by atoms with Gasteiger partial charge in [-0.3, -0.25) is 0 Å². The van der Waals surface area contributed by atoms with Crippen LogP contribution in [0.1, 0.15) is 23.7 Å². The summed E-state index contributed by atoms with van der Waals surface area (Å²) in [6.07, 6.45) is 1.65. The van der Waals surface area contributed by atoms with Crippen LogP contribution in [0.2, 0.25) is 0 Å². The lowest BCUT2D eigenvalue weighted by Crippen LogP contribution is -2.36. The number of guanidine groups is 1. The fourth-order valence-electron chi connectivity index (χ4n) is 2.53. The fraction of sp³-hybridized carbons (Fsp3) is 0.190. The zero-order chi connectivity index (χ0) is 18.9. The van der Waals surface area contributed by atoms with Crippen LogP contribution in [0.25, 0.3) is 11.5 Å². The number of hydrogen-bond acceptors (Lipinski definition) is 4. The maximum absolute atomic E-state index is 8.99. The molecule has 0 saturated carbocycles. The Morgan fingerprint density at radius 3 is 2.71 bits per heavy atom. The van der Waals surface area contributed by atoms with Crippen molar-refractivity contribution in [1.29, 1.82) is 5.26 Å². The quantitative estimate of drug-likeness (QED) is 0.311. The summed E-state index contributed by atoms with van der Waals surface area (Å²) < 4.78 is 5.56. The van der Waals surface area contributed by atoms with Gasteiger partial charge in [-0.25, -0.2) is 9.98 Å². The molecular formula is C21H22IN5O. The van der Waals surface area contributed by atoms with Crippen molar-refractivity contribution in [3.8, 4) is 17.5 Å². The maximum atomic E-state index is 8.99. The Kier molecular flexibility index (Phi) is 8.49. The summed E-state index contributed by atoms with van der Waals surface area (Å²) in [7, 11) is 0. The van der Waals surface area contributed by atoms with Crippen molar-refractivity contribution < 1.29 is 4.42 Å². The van der Waals surface area contributed by atoms with Crippen molar-refractivity contribution in [2.75, 3.05) is 6.54 Å². The number of benzene rings is 2. The van der Waals surface area contributed by atoms with E-state index in [1.54, 1.807) is 12.3 Å². The van der Waals surface area contributed by atoms with E-state index < -0.39 is 0 Å². The van der Waals surface area contributed by atoms with Crippen LogP contribution in [0.4, 0.5) is 0 Å². The highest BCUT2D eigenvalue weighted by molar-refractivity contribution is 14.0. The molecule has 144 valence electrons. The van der Waals surface area contributed by atoms with Gasteiger partial charge in [0.2, 0.25) is 5.89 Å². The largest absolute Gasteiger partial charge is 0.444 e. The fourth-order valence-corrected chi connectivity index (χ4v) is 2.53. The van der Waals surface area contributed by atoms with E-state index in [0.29, 0.717) is 30.5 Å². The Bertz CT molecular complexity index is 947. The number of halogens is 1. The topological polar surface area (TPSA) is 86.2 Å². The molecule has 0 radical (unpaired) electrons. The number of nitrogens with zero attached hydrogens (tertiary/aromatic N) is 3. The highest BCUT2D eigenvalue weighted by Crippen LogP contribution is 2.17. The van der Waals surface area contributed by atoms with Crippen molar-refractivity contribution in [2.45, 2.75) is 20.0 Å². The molecule has 1 heterocycles. The second-order valence-corrected chi connectivity index (χ2v) is 5.87. The molecule has 0 amide bonds. The molecule has 2 N–H and O–H groups in total. The number of aliphatic imine (C=N–C) groups is 1. The van der Waals surface area contributed by atoms with E-state index in [1.807, 2.05) is 55.5 Å². The summed E-state index contributed by atoms with van der Waals surface area (Å²) >= 11 is 0. The Morgan fingerprint density at radius 2 is 1.96 bits per heavy atom. The van der Waals surface area contributed by atoms with Gasteiger partial charge in [-0.15, -0.1) is 24.0 Å². The van der Waals surface area contributed by atoms with Crippen LogP contribution in [0.5, 0.6) is 0 Å². The monoisotopic (exact) mass is 487 g/mol. The third kappa shape index (κ3) is 6.09. The molecule has 0 aliphatic carbocycles. The van der Waals surface area contributed by atoms with Gasteiger partial charge in [-0.05, 0) is 36.8 Å². The van der Waals surface area contributed by atoms with Gasteiger partial charge in [0.1, 0.15) is 6.26 Å². The van der Waals surface area contributed by atoms with Crippen molar-refractivity contribution in [2.24, 2.45) is 4.99 Å². The van der Waals surface area contributed by atoms with Gasteiger partial charge in [-0.2, -0.15) is 5.26 Å². The van der Waals surface area contributed by atoms with Gasteiger partial charge in [0.15, 0.2) is 5.96 Å². The van der Waals surface area contributed by atoms with Gasteiger partial charge in [-0.1, -0.05) is 30.3 Å². The summed E-state index contributed by atoms with van der Waals surface area (Å²) in [6.45, 7) is 3.74. The molecule has 0 fully saturated rings. The van der Waals surface area contributed by atoms with Crippen molar-refractivity contribution in [3.63, 3.8) is 0 Å². The molecule has 0 spiro atoms. The Morgan fingerprint density at radius 1 is 1.14 bits per heavy atom. The summed E-state index contributed by atoms with van der Waals surface area (Å²) in [5.74, 6) is 1.28. The Hall–Kier alpha value is -2.86. The summed E-state index contributed by atoms with van der Waals surface area (Å²) in [6, 6.07) is 19.4. The average molecular weight is 487 g/mol. The lowest BCUT2D eigenvalue weighted by Gasteiger charge is -2.10. The standard InChI is InChI=1S/C21H21N5O.HI/c1-2-23-21(24-13-17-8-6-7-16(11-17)12-22)25-14-19-15-27-20(26-19)18-9-4-3-5-10-18;/h3-11,15H,2,13-14H2,1H3,(H2,23,24,25);1H. The number of nitriles is 1. The molecule has 28 heavy (non-hydrogen) atoms. The third-order valence-electron chi connectivity index (χ3n) is 3.83. The van der Waals surface area contributed by atoms with Crippen LogP contribution in [0.3, 0.4) is 0 Å². The lowest BCUT2D eigenvalue weighted by atomic mass is 10.1. The van der Waals surface area contributed by atoms with Crippen LogP contribution in [-0.4, -0.2) is 17.5 Å². The predicted octanol–water partition coefficient (Wildman–Crippen LogP) is 4.09. The Labute approximate surface area is 181 Å². The average Bonchev–Trinajstić information content (AvgIpc) is 3.20. The minimum atomic E-state index is 0. The van der Waals surface area contributed by atoms with Crippen LogP contribution < -0.4 is 10.6 Å². The van der Waals surface area contributed by atoms with Gasteiger partial charge < -0.3 is 15.1 Å². The molecule has 2 aromatic carbocycles. The van der Waals surface area contributed by atoms with Gasteiger partial charge in [0, 0.05) is 12.1 Å². The molecule has 1 aromatic heterocycles. The van der Waals surface area contributed by atoms with E-state index in [2.05, 4.69) is 26.7 Å². The van der Waals surface area contributed by atoms with Crippen LogP contribution in [-0.2, 0) is 13.1 Å². The van der Waals surface area contributed by atoms with E-state index in [1.165, 1.54) is 0 Å². The van der Waals surface area contributed by atoms with Gasteiger partial charge in [0.05, 0.1) is 30.4 Å². The molecule has 7 heteroatoms. The summed E-state index contributed by atoms with van der Waals surface area (Å²) in [5, 5.41) is 15.4. The normalized spacial score (nSPS) is 10.6. The van der Waals surface area contributed by atoms with Crippen LogP contribution >= 0.6 is 24.0 Å². The molecule has 0 atom stereocenters. The number of hydrogen-bond donors (Lipinski definition) is 2. The first-order chi connectivity index (χ1) is 13.3. The second kappa shape index (κ2) is 11.1. The molecule has 3 rings (SSSR count). The molecule has 3 aromatic rings. The Balaban J connectivity index is 0.00000280. The molecule has 6 nitrogen and oxygen atoms in total. The highest BCUT2D eigenvalue weighted by Gasteiger charge is 2.07. The first kappa shape index (κ1) is 21.4. The summed E-state index contributed by atoms with van der Waals surface area (Å²) in [4.78, 5) is 9.07. The number of aromatic nitrogens is 1. The number of nitrogens with one attached hydrogen (secondary N) is 2. The van der Waals surface area contributed by atoms with Crippen molar-refractivity contribution >= 4 is 29.9 Å². The maximum Gasteiger partial charge on any atom is 0.226 e. The second-order valence-electron chi connectivity index (χ2n) is 5.87. The van der Waals surface area contributed by atoms with E-state index in [-0.39, 0.29) is 24.0 Å². The van der Waals surface area contributed by atoms with Gasteiger partial charge in [0.25, 0.3) is 0 Å². The van der Waals surface area contributed by atoms with Crippen LogP contribution in [0, 0.1) is 11.3 Å². The zero-order valence-electron chi connectivity index (χ0n) is 15.6. The molecule has 0 bridgehead atoms. The smallest absolute Gasteiger partial charge is 0.226 e. The first-order valence-electron chi connectivity index (χ1n) is 8.79. The predicted molar refractivity (Wildman–Crippen MR) is 120 cm³/mol. The molecule has 0 aliphatic rings. The SMILES string of the molecule is CCNC(=NCc1cccc(C#N)c1)NCc1coc(-c2ccccc2)n1.I. The molecule has 0 saturated heterocycles. The first-order valence-corrected chi connectivity index (χ1v) is 8.79. The molecule has 0 aliphatic heterocycles. The lowest BCUT2D eigenvalue weighted by molar-refractivity contribution is 0.572. The van der Waals surface area contributed by atoms with Crippen molar-refractivity contribution in [3.05, 3.63) is 77.7 Å². The molecular weight excluding hydrogens is 465 g/mol. The minimum Gasteiger partial charge on any atom is -0.444 e. The number of rotatable bonds is 6. The molecule has 0 unspecified atom stereocenters. The highest BCUT2D eigenvalue weighted by atomic mass is 127. The third-order valence-corrected chi connectivity index (χ3v) is 3.83. The van der Waals surface area contributed by atoms with Gasteiger partial charge >= 0.3 is 0 Å². The summed E-state index contributed by atoms with van der Waals surface area (Å²) in [5.41, 5.74) is 3.36.